The van der Waals surface area contributed by atoms with Crippen LogP contribution in [0.5, 0.6) is 11.5 Å². The minimum atomic E-state index is -0.325. The van der Waals surface area contributed by atoms with Gasteiger partial charge in [-0.1, -0.05) is 50.6 Å². The predicted octanol–water partition coefficient (Wildman–Crippen LogP) is 4.61. The number of benzene rings is 3. The third-order valence-corrected chi connectivity index (χ3v) is 6.67. The molecule has 8 nitrogen and oxygen atoms in total. The molecule has 0 saturated heterocycles. The lowest BCUT2D eigenvalue weighted by molar-refractivity contribution is -0.625. The summed E-state index contributed by atoms with van der Waals surface area (Å²) < 4.78 is 2.00. The van der Waals surface area contributed by atoms with Gasteiger partial charge in [-0.3, -0.25) is 4.79 Å². The number of aromatic nitrogens is 3. The number of aromatic amines is 1. The first kappa shape index (κ1) is 26.0. The van der Waals surface area contributed by atoms with Crippen molar-refractivity contribution in [1.82, 2.24) is 15.6 Å². The molecule has 0 unspecified atom stereocenters. The number of phenols is 2. The third-order valence-electron chi connectivity index (χ3n) is 5.73. The summed E-state index contributed by atoms with van der Waals surface area (Å²) in [4.78, 5) is 12.5. The molecule has 190 valence electrons. The van der Waals surface area contributed by atoms with Crippen LogP contribution in [0.4, 0.5) is 0 Å². The lowest BCUT2D eigenvalue weighted by atomic mass is 9.87. The highest BCUT2D eigenvalue weighted by molar-refractivity contribution is 7.99. The average Bonchev–Trinajstić information content (AvgIpc) is 3.28. The van der Waals surface area contributed by atoms with Crippen LogP contribution in [-0.2, 0) is 10.2 Å². The van der Waals surface area contributed by atoms with Gasteiger partial charge in [-0.05, 0) is 66.1 Å². The summed E-state index contributed by atoms with van der Waals surface area (Å²) in [5, 5.41) is 31.4. The maximum Gasteiger partial charge on any atom is 0.342 e. The summed E-state index contributed by atoms with van der Waals surface area (Å²) in [7, 11) is 0. The number of aromatic hydroxyl groups is 2. The van der Waals surface area contributed by atoms with Crippen LogP contribution >= 0.6 is 11.8 Å². The van der Waals surface area contributed by atoms with Crippen molar-refractivity contribution in [3.8, 4) is 28.6 Å². The van der Waals surface area contributed by atoms with Gasteiger partial charge in [0.15, 0.2) is 0 Å². The van der Waals surface area contributed by atoms with Crippen LogP contribution in [0.1, 0.15) is 37.5 Å². The highest BCUT2D eigenvalue weighted by Crippen LogP contribution is 2.26. The van der Waals surface area contributed by atoms with Crippen molar-refractivity contribution in [2.45, 2.75) is 38.3 Å². The molecule has 0 atom stereocenters. The maximum absolute atomic E-state index is 12.5. The van der Waals surface area contributed by atoms with E-state index in [1.165, 1.54) is 41.7 Å². The molecule has 0 bridgehead atoms. The third kappa shape index (κ3) is 6.37. The van der Waals surface area contributed by atoms with Crippen LogP contribution in [0.3, 0.4) is 0 Å². The fraction of sp³-hybridized carbons (Fsp3) is 0.214. The smallest absolute Gasteiger partial charge is 0.342 e. The fourth-order valence-electron chi connectivity index (χ4n) is 3.63. The van der Waals surface area contributed by atoms with Gasteiger partial charge in [0, 0.05) is 11.6 Å². The van der Waals surface area contributed by atoms with E-state index in [0.717, 1.165) is 22.6 Å². The van der Waals surface area contributed by atoms with Crippen molar-refractivity contribution in [1.29, 1.82) is 0 Å². The quantitative estimate of drug-likeness (QED) is 0.124. The number of phenolic OH excluding ortho intramolecular Hbond substituents is 2. The summed E-state index contributed by atoms with van der Waals surface area (Å²) in [6, 6.07) is 20.7. The first-order valence-corrected chi connectivity index (χ1v) is 12.8. The van der Waals surface area contributed by atoms with Crippen LogP contribution in [0.25, 0.3) is 17.1 Å². The molecule has 3 aromatic carbocycles. The van der Waals surface area contributed by atoms with Gasteiger partial charge in [0.1, 0.15) is 17.2 Å². The Kier molecular flexibility index (Phi) is 7.63. The van der Waals surface area contributed by atoms with E-state index in [4.69, 9.17) is 0 Å². The van der Waals surface area contributed by atoms with Gasteiger partial charge in [0.05, 0.1) is 22.6 Å². The number of rotatable bonds is 7. The van der Waals surface area contributed by atoms with Crippen LogP contribution in [0.15, 0.2) is 77.0 Å². The number of hydrazone groups is 1. The molecule has 1 aromatic heterocycles. The molecule has 0 aliphatic rings. The predicted molar refractivity (Wildman–Crippen MR) is 145 cm³/mol. The molecule has 0 aliphatic heterocycles. The van der Waals surface area contributed by atoms with E-state index in [1.807, 2.05) is 35.8 Å². The van der Waals surface area contributed by atoms with Gasteiger partial charge < -0.3 is 10.2 Å². The molecule has 4 rings (SSSR count). The molecule has 0 radical (unpaired) electrons. The Labute approximate surface area is 220 Å². The van der Waals surface area contributed by atoms with E-state index in [2.05, 4.69) is 65.8 Å². The number of carbonyl (C=O) groups is 1. The molecule has 37 heavy (non-hydrogen) atoms. The number of aryl methyl sites for hydroxylation is 1. The van der Waals surface area contributed by atoms with Gasteiger partial charge in [0.25, 0.3) is 11.7 Å². The van der Waals surface area contributed by atoms with Crippen molar-refractivity contribution in [3.63, 3.8) is 0 Å². The molecule has 4 aromatic rings. The van der Waals surface area contributed by atoms with Crippen molar-refractivity contribution < 1.29 is 19.6 Å². The first-order valence-electron chi connectivity index (χ1n) is 11.8. The summed E-state index contributed by atoms with van der Waals surface area (Å²) in [6.45, 7) is 8.58. The molecule has 0 saturated carbocycles. The van der Waals surface area contributed by atoms with E-state index in [1.54, 1.807) is 0 Å². The molecule has 1 amide bonds. The number of nitrogens with zero attached hydrogens (tertiary/aromatic N) is 3. The zero-order chi connectivity index (χ0) is 26.6. The van der Waals surface area contributed by atoms with Crippen LogP contribution in [0.2, 0.25) is 0 Å². The van der Waals surface area contributed by atoms with Crippen LogP contribution in [0, 0.1) is 6.92 Å². The fourth-order valence-corrected chi connectivity index (χ4v) is 4.39. The Bertz CT molecular complexity index is 1420. The maximum atomic E-state index is 12.5. The Balaban J connectivity index is 1.53. The summed E-state index contributed by atoms with van der Waals surface area (Å²) >= 11 is 1.28. The number of hydrogen-bond acceptors (Lipinski definition) is 6. The van der Waals surface area contributed by atoms with Crippen molar-refractivity contribution >= 4 is 23.9 Å². The second-order valence-electron chi connectivity index (χ2n) is 9.68. The number of amides is 1. The monoisotopic (exact) mass is 516 g/mol. The van der Waals surface area contributed by atoms with E-state index in [-0.39, 0.29) is 28.6 Å². The molecule has 4 N–H and O–H groups in total. The lowest BCUT2D eigenvalue weighted by Gasteiger charge is -2.18. The Morgan fingerprint density at radius 1 is 1.08 bits per heavy atom. The van der Waals surface area contributed by atoms with Crippen molar-refractivity contribution in [3.05, 3.63) is 83.4 Å². The largest absolute Gasteiger partial charge is 0.508 e. The van der Waals surface area contributed by atoms with Gasteiger partial charge in [-0.25, -0.2) is 5.43 Å². The summed E-state index contributed by atoms with van der Waals surface area (Å²) in [5.74, 6) is 0.381. The number of carbonyl (C=O) groups excluding carboxylic acids is 1. The second-order valence-corrected chi connectivity index (χ2v) is 10.6. The summed E-state index contributed by atoms with van der Waals surface area (Å²) in [5.41, 5.74) is 7.18. The van der Waals surface area contributed by atoms with Crippen LogP contribution in [-0.4, -0.2) is 38.3 Å². The van der Waals surface area contributed by atoms with E-state index >= 15 is 0 Å². The molecule has 0 fully saturated rings. The van der Waals surface area contributed by atoms with Crippen molar-refractivity contribution in [2.24, 2.45) is 5.10 Å². The first-order chi connectivity index (χ1) is 17.6. The number of hydrogen-bond donors (Lipinski definition) is 4. The average molecular weight is 517 g/mol. The van der Waals surface area contributed by atoms with Crippen LogP contribution < -0.4 is 9.99 Å². The SMILES string of the molecule is Cc1ccc(-[n+]2c(SCC(=O)N/N=C/c3ccc(O)cc3O)n[nH]c2-c2ccc(C(C)(C)C)cc2)cc1. The molecule has 1 heterocycles. The highest BCUT2D eigenvalue weighted by atomic mass is 32.2. The van der Waals surface area contributed by atoms with E-state index in [9.17, 15) is 15.0 Å². The van der Waals surface area contributed by atoms with Gasteiger partial charge in [-0.2, -0.15) is 9.67 Å². The van der Waals surface area contributed by atoms with Gasteiger partial charge >= 0.3 is 5.16 Å². The van der Waals surface area contributed by atoms with Gasteiger partial charge in [-0.15, -0.1) is 5.10 Å². The molecule has 9 heteroatoms. The van der Waals surface area contributed by atoms with E-state index in [0.29, 0.717) is 10.7 Å². The lowest BCUT2D eigenvalue weighted by Crippen LogP contribution is -2.34. The Morgan fingerprint density at radius 2 is 1.78 bits per heavy atom. The number of thioether (sulfide) groups is 1. The Morgan fingerprint density at radius 3 is 2.43 bits per heavy atom. The second kappa shape index (κ2) is 10.9. The summed E-state index contributed by atoms with van der Waals surface area (Å²) in [6.07, 6.45) is 1.32. The number of nitrogens with one attached hydrogen (secondary N) is 2. The van der Waals surface area contributed by atoms with E-state index < -0.39 is 0 Å². The Hall–Kier alpha value is -4.11. The molecular formula is C28H30N5O3S+. The topological polar surface area (TPSA) is 114 Å². The normalized spacial score (nSPS) is 11.7. The van der Waals surface area contributed by atoms with Gasteiger partial charge in [0.2, 0.25) is 0 Å². The zero-order valence-corrected chi connectivity index (χ0v) is 22.0. The molecular weight excluding hydrogens is 486 g/mol. The zero-order valence-electron chi connectivity index (χ0n) is 21.2. The minimum absolute atomic E-state index is 0.0529. The minimum Gasteiger partial charge on any atom is -0.508 e. The molecule has 0 spiro atoms. The standard InChI is InChI=1S/C28H29N5O3S/c1-18-5-12-22(13-6-18)33-26(19-7-10-21(11-8-19)28(2,3)4)31-32-27(33)37-17-25(36)30-29-16-20-9-14-23(34)15-24(20)35/h5-16H,17H2,1-4H3,(H3,29,30,34,35,36)/p+1. The number of H-pyrrole nitrogens is 1. The molecule has 0 aliphatic carbocycles. The highest BCUT2D eigenvalue weighted by Gasteiger charge is 2.25. The van der Waals surface area contributed by atoms with Crippen molar-refractivity contribution in [2.75, 3.05) is 5.75 Å².